The number of ether oxygens (including phenoxy) is 2. The number of aliphatic hydroxyl groups is 1. The van der Waals surface area contributed by atoms with E-state index in [0.717, 1.165) is 44.0 Å². The monoisotopic (exact) mass is 737 g/mol. The van der Waals surface area contributed by atoms with E-state index < -0.39 is 28.3 Å². The Morgan fingerprint density at radius 2 is 1.48 bits per heavy atom. The fourth-order valence-electron chi connectivity index (χ4n) is 5.93. The summed E-state index contributed by atoms with van der Waals surface area (Å²) in [7, 11) is -3.95. The number of anilines is 1. The van der Waals surface area contributed by atoms with Crippen molar-refractivity contribution >= 4 is 33.4 Å². The van der Waals surface area contributed by atoms with E-state index in [2.05, 4.69) is 10.0 Å². The van der Waals surface area contributed by atoms with Crippen molar-refractivity contribution < 1.29 is 27.8 Å². The first-order valence-electron chi connectivity index (χ1n) is 17.1. The van der Waals surface area contributed by atoms with Gasteiger partial charge in [0.05, 0.1) is 23.7 Å². The lowest BCUT2D eigenvalue weighted by Gasteiger charge is -2.36. The predicted molar refractivity (Wildman–Crippen MR) is 204 cm³/mol. The van der Waals surface area contributed by atoms with Crippen LogP contribution in [-0.4, -0.2) is 37.3 Å². The molecule has 0 bridgehead atoms. The highest BCUT2D eigenvalue weighted by Gasteiger charge is 2.32. The molecule has 9 nitrogen and oxygen atoms in total. The van der Waals surface area contributed by atoms with Gasteiger partial charge < -0.3 is 25.6 Å². The molecule has 0 radical (unpaired) electrons. The van der Waals surface area contributed by atoms with E-state index in [0.29, 0.717) is 12.2 Å². The number of benzene rings is 5. The lowest BCUT2D eigenvalue weighted by Crippen LogP contribution is -2.47. The molecule has 6 rings (SSSR count). The number of aliphatic hydroxyl groups excluding tert-OH is 1. The second-order valence-corrected chi connectivity index (χ2v) is 15.6. The van der Waals surface area contributed by atoms with Crippen LogP contribution in [0.4, 0.5) is 5.69 Å². The molecule has 1 aliphatic heterocycles. The normalized spacial score (nSPS) is 18.1. The second kappa shape index (κ2) is 17.4. The Hall–Kier alpha value is -4.49. The third-order valence-corrected chi connectivity index (χ3v) is 11.6. The van der Waals surface area contributed by atoms with E-state index in [-0.39, 0.29) is 36.7 Å². The number of thioether (sulfide) groups is 1. The molecule has 0 aromatic heterocycles. The topological polar surface area (TPSA) is 140 Å². The van der Waals surface area contributed by atoms with Crippen molar-refractivity contribution in [3.8, 4) is 0 Å². The fourth-order valence-corrected chi connectivity index (χ4v) is 8.12. The minimum absolute atomic E-state index is 0.0289. The molecule has 5 N–H and O–H groups in total. The van der Waals surface area contributed by atoms with Crippen LogP contribution in [0.25, 0.3) is 0 Å². The third-order valence-electron chi connectivity index (χ3n) is 8.91. The Morgan fingerprint density at radius 3 is 2.17 bits per heavy atom. The van der Waals surface area contributed by atoms with Gasteiger partial charge in [-0.05, 0) is 59.9 Å². The first kappa shape index (κ1) is 37.3. The van der Waals surface area contributed by atoms with Crippen molar-refractivity contribution in [2.75, 3.05) is 11.5 Å². The number of aryl methyl sites for hydroxylation is 1. The molecule has 11 heteroatoms. The SMILES string of the molecule is Cc1ccc(S(=O)(=O)N[C@H](Cc2ccccc2)C(=O)NCc2ccc(C3O[C@H](CSc4ccccc4N)C[C@H](c4ccc(CO)cc4)O3)cc2)cc1. The lowest BCUT2D eigenvalue weighted by atomic mass is 10.0. The molecule has 4 atom stereocenters. The predicted octanol–water partition coefficient (Wildman–Crippen LogP) is 6.61. The largest absolute Gasteiger partial charge is 0.398 e. The van der Waals surface area contributed by atoms with Gasteiger partial charge in [-0.15, -0.1) is 11.8 Å². The van der Waals surface area contributed by atoms with Gasteiger partial charge in [-0.3, -0.25) is 4.79 Å². The van der Waals surface area contributed by atoms with Gasteiger partial charge in [0.15, 0.2) is 6.29 Å². The standard InChI is InChI=1S/C41H43N3O6S2/c1-28-11-21-35(22-12-28)52(47,48)44-37(23-29-7-3-2-4-8-29)40(46)43-25-30-13-19-33(20-14-30)41-49-34(27-51-39-10-6-5-9-36(39)42)24-38(50-41)32-17-15-31(26-45)16-18-32/h2-22,34,37-38,41,44-45H,23-27,42H2,1H3,(H,43,46)/t34-,37+,38+,41?/m0/s1. The van der Waals surface area contributed by atoms with Gasteiger partial charge in [-0.25, -0.2) is 8.42 Å². The molecule has 1 fully saturated rings. The smallest absolute Gasteiger partial charge is 0.241 e. The molecule has 0 aliphatic carbocycles. The Balaban J connectivity index is 1.14. The van der Waals surface area contributed by atoms with Gasteiger partial charge >= 0.3 is 0 Å². The Labute approximate surface area is 309 Å². The van der Waals surface area contributed by atoms with E-state index in [1.165, 1.54) is 12.1 Å². The minimum Gasteiger partial charge on any atom is -0.398 e. The maximum atomic E-state index is 13.5. The zero-order valence-electron chi connectivity index (χ0n) is 28.9. The van der Waals surface area contributed by atoms with Crippen LogP contribution in [0.2, 0.25) is 0 Å². The molecule has 5 aromatic carbocycles. The summed E-state index contributed by atoms with van der Waals surface area (Å²) < 4.78 is 42.2. The number of rotatable bonds is 14. The average molecular weight is 738 g/mol. The second-order valence-electron chi connectivity index (χ2n) is 12.8. The van der Waals surface area contributed by atoms with Crippen LogP contribution >= 0.6 is 11.8 Å². The molecular formula is C41H43N3O6S2. The van der Waals surface area contributed by atoms with Gasteiger partial charge in [-0.1, -0.05) is 109 Å². The van der Waals surface area contributed by atoms with Crippen LogP contribution in [0, 0.1) is 6.92 Å². The first-order valence-corrected chi connectivity index (χ1v) is 19.6. The van der Waals surface area contributed by atoms with Crippen molar-refractivity contribution in [1.29, 1.82) is 0 Å². The number of carbonyl (C=O) groups excluding carboxylic acids is 1. The Kier molecular flexibility index (Phi) is 12.4. The quantitative estimate of drug-likeness (QED) is 0.0738. The number of para-hydroxylation sites is 1. The van der Waals surface area contributed by atoms with Gasteiger partial charge in [0, 0.05) is 34.9 Å². The van der Waals surface area contributed by atoms with Crippen molar-refractivity contribution in [3.05, 3.63) is 161 Å². The fraction of sp³-hybridized carbons (Fsp3) is 0.244. The number of hydrogen-bond donors (Lipinski definition) is 4. The third kappa shape index (κ3) is 9.88. The summed E-state index contributed by atoms with van der Waals surface area (Å²) in [6.07, 6.45) is -0.154. The highest BCUT2D eigenvalue weighted by Crippen LogP contribution is 2.40. The summed E-state index contributed by atoms with van der Waals surface area (Å²) in [6.45, 7) is 2.05. The van der Waals surface area contributed by atoms with E-state index in [1.807, 2.05) is 110 Å². The highest BCUT2D eigenvalue weighted by atomic mass is 32.2. The molecule has 5 aromatic rings. The molecule has 1 amide bonds. The van der Waals surface area contributed by atoms with Crippen LogP contribution in [0.3, 0.4) is 0 Å². The number of hydrogen-bond acceptors (Lipinski definition) is 8. The number of nitrogens with two attached hydrogens (primary N) is 1. The number of nitrogen functional groups attached to an aromatic ring is 1. The Morgan fingerprint density at radius 1 is 0.827 bits per heavy atom. The molecule has 1 heterocycles. The van der Waals surface area contributed by atoms with E-state index in [9.17, 15) is 18.3 Å². The average Bonchev–Trinajstić information content (AvgIpc) is 3.17. The van der Waals surface area contributed by atoms with Gasteiger partial charge in [-0.2, -0.15) is 4.72 Å². The molecule has 0 spiro atoms. The first-order chi connectivity index (χ1) is 25.2. The van der Waals surface area contributed by atoms with Crippen molar-refractivity contribution in [1.82, 2.24) is 10.0 Å². The zero-order chi connectivity index (χ0) is 36.5. The summed E-state index contributed by atoms with van der Waals surface area (Å²) >= 11 is 1.65. The minimum atomic E-state index is -3.95. The molecule has 1 aliphatic rings. The van der Waals surface area contributed by atoms with Crippen LogP contribution < -0.4 is 15.8 Å². The van der Waals surface area contributed by atoms with E-state index in [4.69, 9.17) is 15.2 Å². The lowest BCUT2D eigenvalue weighted by molar-refractivity contribution is -0.245. The summed E-state index contributed by atoms with van der Waals surface area (Å²) in [5.41, 5.74) is 12.2. The molecule has 1 saturated heterocycles. The summed E-state index contributed by atoms with van der Waals surface area (Å²) in [5.74, 6) is 0.248. The summed E-state index contributed by atoms with van der Waals surface area (Å²) in [6, 6.07) is 38.0. The number of carbonyl (C=O) groups is 1. The Bertz CT molecular complexity index is 2030. The maximum absolute atomic E-state index is 13.5. The van der Waals surface area contributed by atoms with Gasteiger partial charge in [0.1, 0.15) is 6.04 Å². The molecular weight excluding hydrogens is 695 g/mol. The summed E-state index contributed by atoms with van der Waals surface area (Å²) in [4.78, 5) is 14.6. The van der Waals surface area contributed by atoms with Crippen molar-refractivity contribution in [2.45, 2.75) is 67.2 Å². The number of amides is 1. The number of nitrogens with one attached hydrogen (secondary N) is 2. The molecule has 0 saturated carbocycles. The zero-order valence-corrected chi connectivity index (χ0v) is 30.5. The van der Waals surface area contributed by atoms with Crippen molar-refractivity contribution in [2.24, 2.45) is 0 Å². The maximum Gasteiger partial charge on any atom is 0.241 e. The van der Waals surface area contributed by atoms with Gasteiger partial charge in [0.2, 0.25) is 15.9 Å². The molecule has 270 valence electrons. The van der Waals surface area contributed by atoms with Crippen LogP contribution in [-0.2, 0) is 43.9 Å². The van der Waals surface area contributed by atoms with Gasteiger partial charge in [0.25, 0.3) is 0 Å². The molecule has 52 heavy (non-hydrogen) atoms. The van der Waals surface area contributed by atoms with Crippen LogP contribution in [0.1, 0.15) is 52.2 Å². The van der Waals surface area contributed by atoms with Crippen molar-refractivity contribution in [3.63, 3.8) is 0 Å². The van der Waals surface area contributed by atoms with E-state index in [1.54, 1.807) is 23.9 Å². The van der Waals surface area contributed by atoms with Crippen LogP contribution in [0.15, 0.2) is 137 Å². The van der Waals surface area contributed by atoms with E-state index >= 15 is 0 Å². The summed E-state index contributed by atoms with van der Waals surface area (Å²) in [5, 5.41) is 12.5. The molecule has 1 unspecified atom stereocenters. The highest BCUT2D eigenvalue weighted by molar-refractivity contribution is 7.99. The van der Waals surface area contributed by atoms with Crippen LogP contribution in [0.5, 0.6) is 0 Å². The number of sulfonamides is 1.